The van der Waals surface area contributed by atoms with Gasteiger partial charge in [-0.2, -0.15) is 9.97 Å². The summed E-state index contributed by atoms with van der Waals surface area (Å²) in [5.74, 6) is 0.895. The lowest BCUT2D eigenvalue weighted by atomic mass is 10.1. The SMILES string of the molecule is C=C(C)C(=O)OC(CO)Oc1nc(-c2ccccc2OC)nc(-c2ccccc2OC)n1. The molecule has 0 amide bonds. The van der Waals surface area contributed by atoms with E-state index in [0.29, 0.717) is 22.6 Å². The molecule has 32 heavy (non-hydrogen) atoms. The van der Waals surface area contributed by atoms with Crippen LogP contribution in [0, 0.1) is 0 Å². The van der Waals surface area contributed by atoms with E-state index in [1.807, 2.05) is 24.3 Å². The van der Waals surface area contributed by atoms with Crippen molar-refractivity contribution in [3.05, 3.63) is 60.7 Å². The number of nitrogens with zero attached hydrogens (tertiary/aromatic N) is 3. The molecule has 3 rings (SSSR count). The van der Waals surface area contributed by atoms with Crippen molar-refractivity contribution in [2.45, 2.75) is 13.2 Å². The molecule has 9 nitrogen and oxygen atoms in total. The highest BCUT2D eigenvalue weighted by molar-refractivity contribution is 5.87. The Kier molecular flexibility index (Phi) is 7.35. The maximum atomic E-state index is 11.8. The predicted octanol–water partition coefficient (Wildman–Crippen LogP) is 3.04. The van der Waals surface area contributed by atoms with Crippen molar-refractivity contribution in [1.29, 1.82) is 0 Å². The van der Waals surface area contributed by atoms with Gasteiger partial charge in [-0.15, -0.1) is 0 Å². The lowest BCUT2D eigenvalue weighted by molar-refractivity contribution is -0.164. The second-order valence-electron chi connectivity index (χ2n) is 6.58. The molecular formula is C23H23N3O6. The van der Waals surface area contributed by atoms with Gasteiger partial charge in [-0.1, -0.05) is 30.8 Å². The summed E-state index contributed by atoms with van der Waals surface area (Å²) in [5.41, 5.74) is 1.35. The number of hydrogen-bond acceptors (Lipinski definition) is 9. The van der Waals surface area contributed by atoms with Crippen LogP contribution < -0.4 is 14.2 Å². The Morgan fingerprint density at radius 2 is 1.44 bits per heavy atom. The van der Waals surface area contributed by atoms with Crippen LogP contribution in [-0.4, -0.2) is 53.1 Å². The smallest absolute Gasteiger partial charge is 0.336 e. The van der Waals surface area contributed by atoms with E-state index in [1.165, 1.54) is 21.1 Å². The Bertz CT molecular complexity index is 1050. The summed E-state index contributed by atoms with van der Waals surface area (Å²) in [5, 5.41) is 9.61. The molecule has 1 atom stereocenters. The van der Waals surface area contributed by atoms with Crippen molar-refractivity contribution >= 4 is 5.97 Å². The van der Waals surface area contributed by atoms with Crippen LogP contribution in [0.4, 0.5) is 0 Å². The number of para-hydroxylation sites is 2. The zero-order valence-corrected chi connectivity index (χ0v) is 17.9. The molecule has 1 unspecified atom stereocenters. The molecule has 0 saturated carbocycles. The minimum absolute atomic E-state index is 0.157. The minimum Gasteiger partial charge on any atom is -0.496 e. The fraction of sp³-hybridized carbons (Fsp3) is 0.217. The average Bonchev–Trinajstić information content (AvgIpc) is 2.83. The Labute approximate surface area is 185 Å². The molecule has 1 heterocycles. The van der Waals surface area contributed by atoms with E-state index in [0.717, 1.165) is 0 Å². The molecule has 0 fully saturated rings. The van der Waals surface area contributed by atoms with Gasteiger partial charge in [-0.05, 0) is 31.2 Å². The third-order valence-electron chi connectivity index (χ3n) is 4.28. The van der Waals surface area contributed by atoms with E-state index in [2.05, 4.69) is 21.5 Å². The second-order valence-corrected chi connectivity index (χ2v) is 6.58. The van der Waals surface area contributed by atoms with Crippen LogP contribution in [0.1, 0.15) is 6.92 Å². The van der Waals surface area contributed by atoms with Crippen LogP contribution in [-0.2, 0) is 9.53 Å². The summed E-state index contributed by atoms with van der Waals surface area (Å²) in [6, 6.07) is 14.2. The molecule has 1 aromatic heterocycles. The van der Waals surface area contributed by atoms with Crippen LogP contribution in [0.3, 0.4) is 0 Å². The Balaban J connectivity index is 2.10. The number of rotatable bonds is 9. The van der Waals surface area contributed by atoms with Gasteiger partial charge in [-0.3, -0.25) is 0 Å². The third kappa shape index (κ3) is 5.19. The first kappa shape index (κ1) is 22.7. The normalized spacial score (nSPS) is 11.4. The summed E-state index contributed by atoms with van der Waals surface area (Å²) < 4.78 is 21.5. The first-order valence-corrected chi connectivity index (χ1v) is 9.63. The third-order valence-corrected chi connectivity index (χ3v) is 4.28. The summed E-state index contributed by atoms with van der Waals surface area (Å²) in [6.45, 7) is 4.39. The zero-order chi connectivity index (χ0) is 23.1. The molecule has 0 saturated heterocycles. The first-order chi connectivity index (χ1) is 15.5. The highest BCUT2D eigenvalue weighted by atomic mass is 16.7. The van der Waals surface area contributed by atoms with Gasteiger partial charge in [0.05, 0.1) is 25.3 Å². The summed E-state index contributed by atoms with van der Waals surface area (Å²) in [7, 11) is 3.08. The summed E-state index contributed by atoms with van der Waals surface area (Å²) in [4.78, 5) is 25.1. The predicted molar refractivity (Wildman–Crippen MR) is 116 cm³/mol. The van der Waals surface area contributed by atoms with Crippen LogP contribution in [0.2, 0.25) is 0 Å². The number of carbonyl (C=O) groups is 1. The van der Waals surface area contributed by atoms with Gasteiger partial charge in [0.1, 0.15) is 18.1 Å². The molecule has 0 radical (unpaired) electrons. The van der Waals surface area contributed by atoms with E-state index in [-0.39, 0.29) is 23.2 Å². The Morgan fingerprint density at radius 1 is 0.938 bits per heavy atom. The standard InChI is InChI=1S/C23H23N3O6/c1-14(2)22(28)31-19(13-27)32-23-25-20(15-9-5-7-11-17(15)29-3)24-21(26-23)16-10-6-8-12-18(16)30-4/h5-12,19,27H,1,13H2,2-4H3. The minimum atomic E-state index is -1.34. The number of ether oxygens (including phenoxy) is 4. The molecule has 2 aromatic carbocycles. The maximum Gasteiger partial charge on any atom is 0.336 e. The van der Waals surface area contributed by atoms with Gasteiger partial charge < -0.3 is 24.1 Å². The quantitative estimate of drug-likeness (QED) is 0.306. The number of benzene rings is 2. The maximum absolute atomic E-state index is 11.8. The molecule has 0 aliphatic rings. The van der Waals surface area contributed by atoms with Crippen molar-refractivity contribution in [3.63, 3.8) is 0 Å². The number of hydrogen-bond donors (Lipinski definition) is 1. The lowest BCUT2D eigenvalue weighted by Crippen LogP contribution is -2.29. The number of methoxy groups -OCH3 is 2. The largest absolute Gasteiger partial charge is 0.496 e. The molecule has 166 valence electrons. The van der Waals surface area contributed by atoms with Gasteiger partial charge in [0.25, 0.3) is 6.29 Å². The highest BCUT2D eigenvalue weighted by Crippen LogP contribution is 2.32. The monoisotopic (exact) mass is 437 g/mol. The van der Waals surface area contributed by atoms with E-state index >= 15 is 0 Å². The van der Waals surface area contributed by atoms with Crippen molar-refractivity contribution in [1.82, 2.24) is 15.0 Å². The topological polar surface area (TPSA) is 113 Å². The van der Waals surface area contributed by atoms with Gasteiger partial charge in [0, 0.05) is 5.57 Å². The molecule has 1 N–H and O–H groups in total. The van der Waals surface area contributed by atoms with E-state index in [1.54, 1.807) is 24.3 Å². The van der Waals surface area contributed by atoms with Crippen LogP contribution in [0.5, 0.6) is 17.5 Å². The summed E-state index contributed by atoms with van der Waals surface area (Å²) in [6.07, 6.45) is -1.34. The average molecular weight is 437 g/mol. The molecule has 0 aliphatic carbocycles. The van der Waals surface area contributed by atoms with Crippen molar-refractivity contribution in [2.75, 3.05) is 20.8 Å². The molecule has 0 bridgehead atoms. The lowest BCUT2D eigenvalue weighted by Gasteiger charge is -2.17. The number of aromatic nitrogens is 3. The van der Waals surface area contributed by atoms with Crippen LogP contribution in [0.15, 0.2) is 60.7 Å². The second kappa shape index (κ2) is 10.4. The van der Waals surface area contributed by atoms with Gasteiger partial charge in [0.15, 0.2) is 11.6 Å². The molecule has 3 aromatic rings. The van der Waals surface area contributed by atoms with Crippen LogP contribution >= 0.6 is 0 Å². The fourth-order valence-corrected chi connectivity index (χ4v) is 2.74. The van der Waals surface area contributed by atoms with Gasteiger partial charge >= 0.3 is 12.0 Å². The van der Waals surface area contributed by atoms with E-state index < -0.39 is 18.9 Å². The number of esters is 1. The molecule has 9 heteroatoms. The van der Waals surface area contributed by atoms with Crippen LogP contribution in [0.25, 0.3) is 22.8 Å². The molecule has 0 aliphatic heterocycles. The van der Waals surface area contributed by atoms with Crippen molar-refractivity contribution in [2.24, 2.45) is 0 Å². The zero-order valence-electron chi connectivity index (χ0n) is 17.9. The van der Waals surface area contributed by atoms with Gasteiger partial charge in [0.2, 0.25) is 0 Å². The highest BCUT2D eigenvalue weighted by Gasteiger charge is 2.21. The Morgan fingerprint density at radius 3 is 1.88 bits per heavy atom. The number of aliphatic hydroxyl groups excluding tert-OH is 1. The van der Waals surface area contributed by atoms with Gasteiger partial charge in [-0.25, -0.2) is 9.78 Å². The molecule has 0 spiro atoms. The Hall–Kier alpha value is -3.98. The van der Waals surface area contributed by atoms with Crippen molar-refractivity contribution < 1.29 is 28.8 Å². The van der Waals surface area contributed by atoms with E-state index in [9.17, 15) is 9.90 Å². The van der Waals surface area contributed by atoms with Crippen molar-refractivity contribution in [3.8, 4) is 40.3 Å². The first-order valence-electron chi connectivity index (χ1n) is 9.63. The van der Waals surface area contributed by atoms with E-state index in [4.69, 9.17) is 18.9 Å². The number of aliphatic hydroxyl groups is 1. The molecular weight excluding hydrogens is 414 g/mol. The number of carbonyl (C=O) groups excluding carboxylic acids is 1. The fourth-order valence-electron chi connectivity index (χ4n) is 2.74. The summed E-state index contributed by atoms with van der Waals surface area (Å²) >= 11 is 0.